The summed E-state index contributed by atoms with van der Waals surface area (Å²) in [6, 6.07) is 28.6. The largest absolute Gasteiger partial charge is 3.00 e. The Balaban J connectivity index is 0.00000187. The van der Waals surface area contributed by atoms with Gasteiger partial charge in [0.2, 0.25) is 0 Å². The van der Waals surface area contributed by atoms with Gasteiger partial charge < -0.3 is 36.3 Å². The Kier molecular flexibility index (Phi) is 11.2. The van der Waals surface area contributed by atoms with Crippen molar-refractivity contribution in [3.05, 3.63) is 106 Å². The third-order valence-corrected chi connectivity index (χ3v) is 7.65. The van der Waals surface area contributed by atoms with E-state index < -0.39 is 0 Å². The van der Waals surface area contributed by atoms with Crippen LogP contribution in [0.5, 0.6) is 0 Å². The van der Waals surface area contributed by atoms with Crippen LogP contribution >= 0.6 is 0 Å². The van der Waals surface area contributed by atoms with Gasteiger partial charge in [0.1, 0.15) is 0 Å². The van der Waals surface area contributed by atoms with Crippen LogP contribution in [0.4, 0.5) is 0 Å². The number of hydrogen-bond donors (Lipinski definition) is 2. The zero-order valence-corrected chi connectivity index (χ0v) is 28.4. The summed E-state index contributed by atoms with van der Waals surface area (Å²) in [5, 5.41) is 0. The Bertz CT molecular complexity index is 1350. The first-order chi connectivity index (χ1) is 17.5. The molecular weight excluding hydrogens is 611 g/mol. The van der Waals surface area contributed by atoms with Gasteiger partial charge in [-0.15, -0.1) is 28.8 Å². The fraction of sp³-hybridized carbons (Fsp3) is 0.314. The molecular formula is C35H39Cl2N2Zr. The number of halogens is 2. The monoisotopic (exact) mass is 647 g/mol. The van der Waals surface area contributed by atoms with Crippen LogP contribution < -0.4 is 36.3 Å². The zero-order valence-electron chi connectivity index (χ0n) is 24.4. The van der Waals surface area contributed by atoms with Crippen molar-refractivity contribution in [1.82, 2.24) is 0 Å². The van der Waals surface area contributed by atoms with Crippen molar-refractivity contribution in [2.75, 3.05) is 0 Å². The number of benzene rings is 4. The van der Waals surface area contributed by atoms with Crippen molar-refractivity contribution in [3.63, 3.8) is 0 Å². The van der Waals surface area contributed by atoms with Gasteiger partial charge >= 0.3 is 26.2 Å². The molecule has 5 rings (SSSR count). The quantitative estimate of drug-likeness (QED) is 0.293. The predicted molar refractivity (Wildman–Crippen MR) is 158 cm³/mol. The smallest absolute Gasteiger partial charge is 1.00 e. The van der Waals surface area contributed by atoms with Crippen LogP contribution in [-0.4, -0.2) is 0 Å². The van der Waals surface area contributed by atoms with Gasteiger partial charge in [-0.2, -0.15) is 0 Å². The Morgan fingerprint density at radius 3 is 1.57 bits per heavy atom. The van der Waals surface area contributed by atoms with E-state index >= 15 is 0 Å². The molecule has 0 atom stereocenters. The van der Waals surface area contributed by atoms with Gasteiger partial charge in [-0.1, -0.05) is 119 Å². The summed E-state index contributed by atoms with van der Waals surface area (Å²) >= 11 is 0. The first-order valence-electron chi connectivity index (χ1n) is 13.4. The normalized spacial score (nSPS) is 12.0. The molecule has 4 aromatic rings. The van der Waals surface area contributed by atoms with E-state index in [0.717, 1.165) is 17.5 Å². The zero-order chi connectivity index (χ0) is 26.5. The van der Waals surface area contributed by atoms with Crippen LogP contribution in [0, 0.1) is 6.07 Å². The van der Waals surface area contributed by atoms with Crippen molar-refractivity contribution in [3.8, 4) is 33.4 Å². The van der Waals surface area contributed by atoms with Gasteiger partial charge in [-0.25, -0.2) is 0 Å². The molecule has 0 unspecified atom stereocenters. The molecule has 0 fully saturated rings. The molecule has 0 aliphatic heterocycles. The number of nitrogens with two attached hydrogens (primary N) is 2. The Morgan fingerprint density at radius 1 is 0.625 bits per heavy atom. The molecule has 1 radical (unpaired) electrons. The van der Waals surface area contributed by atoms with E-state index in [1.807, 2.05) is 0 Å². The molecule has 1 aliphatic rings. The molecule has 40 heavy (non-hydrogen) atoms. The molecule has 0 saturated carbocycles. The first-order valence-corrected chi connectivity index (χ1v) is 13.4. The van der Waals surface area contributed by atoms with Gasteiger partial charge in [-0.3, -0.25) is 0 Å². The van der Waals surface area contributed by atoms with E-state index in [0.29, 0.717) is 13.1 Å². The summed E-state index contributed by atoms with van der Waals surface area (Å²) in [7, 11) is 0. The maximum Gasteiger partial charge on any atom is 3.00 e. The van der Waals surface area contributed by atoms with Crippen molar-refractivity contribution in [2.45, 2.75) is 71.9 Å². The Labute approximate surface area is 272 Å². The first kappa shape index (κ1) is 34.5. The average molecular weight is 650 g/mol. The molecule has 0 spiro atoms. The average Bonchev–Trinajstić information content (AvgIpc) is 3.23. The standard InChI is InChI=1S/C35H39N2.2ClH.Zr/c1-34(2,3)32-18-28-26(16-30(32)24-11-7-22(20-36)8-12-24)15-27-17-31(25-13-9-23(21-37)10-14-25)33(19-29(27)28)35(4,5)6;;;/h7-14,16,18-19H,15,20-21,36-37H2,1-6H3;2*1H;/q-1;;;+3/p-2. The molecule has 5 heteroatoms. The fourth-order valence-corrected chi connectivity index (χ4v) is 5.51. The van der Waals surface area contributed by atoms with E-state index in [2.05, 4.69) is 114 Å². The van der Waals surface area contributed by atoms with Crippen LogP contribution in [0.3, 0.4) is 0 Å². The van der Waals surface area contributed by atoms with Crippen LogP contribution in [-0.2, 0) is 56.5 Å². The second kappa shape index (κ2) is 13.1. The van der Waals surface area contributed by atoms with Crippen LogP contribution in [0.2, 0.25) is 0 Å². The third kappa shape index (κ3) is 6.66. The summed E-state index contributed by atoms with van der Waals surface area (Å²) in [4.78, 5) is 0. The topological polar surface area (TPSA) is 52.0 Å². The molecule has 4 N–H and O–H groups in total. The minimum Gasteiger partial charge on any atom is -1.00 e. The maximum atomic E-state index is 5.86. The summed E-state index contributed by atoms with van der Waals surface area (Å²) in [5.74, 6) is 0. The van der Waals surface area contributed by atoms with Crippen LogP contribution in [0.1, 0.15) is 74.9 Å². The Morgan fingerprint density at radius 2 is 1.10 bits per heavy atom. The SMILES string of the molecule is CC(C)(C)c1cc2c([c-]c1-c1ccc(CN)cc1)Cc1cc(-c3ccc(CN)cc3)c(C(C)(C)C)cc1-2.[Cl-].[Cl-].[Zr+3]. The van der Waals surface area contributed by atoms with E-state index in [-0.39, 0.29) is 61.8 Å². The third-order valence-electron chi connectivity index (χ3n) is 7.65. The van der Waals surface area contributed by atoms with Gasteiger partial charge in [0.25, 0.3) is 0 Å². The maximum absolute atomic E-state index is 5.86. The molecule has 0 amide bonds. The van der Waals surface area contributed by atoms with Crippen LogP contribution in [0.25, 0.3) is 33.4 Å². The van der Waals surface area contributed by atoms with Gasteiger partial charge in [0, 0.05) is 13.1 Å². The number of hydrogen-bond acceptors (Lipinski definition) is 2. The molecule has 4 aromatic carbocycles. The molecule has 1 aliphatic carbocycles. The fourth-order valence-electron chi connectivity index (χ4n) is 5.51. The minimum absolute atomic E-state index is 0. The minimum atomic E-state index is -0.00626. The number of fused-ring (bicyclic) bond motifs is 3. The molecule has 0 saturated heterocycles. The van der Waals surface area contributed by atoms with Crippen molar-refractivity contribution in [2.24, 2.45) is 11.5 Å². The summed E-state index contributed by atoms with van der Waals surface area (Å²) in [6.45, 7) is 14.9. The molecule has 0 aromatic heterocycles. The summed E-state index contributed by atoms with van der Waals surface area (Å²) < 4.78 is 0. The van der Waals surface area contributed by atoms with Gasteiger partial charge in [0.05, 0.1) is 0 Å². The molecule has 0 heterocycles. The van der Waals surface area contributed by atoms with E-state index in [4.69, 9.17) is 11.5 Å². The summed E-state index contributed by atoms with van der Waals surface area (Å²) in [6.07, 6.45) is 0.904. The van der Waals surface area contributed by atoms with Crippen molar-refractivity contribution < 1.29 is 51.0 Å². The number of rotatable bonds is 4. The van der Waals surface area contributed by atoms with Gasteiger partial charge in [-0.05, 0) is 50.6 Å². The molecule has 207 valence electrons. The molecule has 0 bridgehead atoms. The second-order valence-corrected chi connectivity index (χ2v) is 12.5. The second-order valence-electron chi connectivity index (χ2n) is 12.5. The van der Waals surface area contributed by atoms with E-state index in [1.54, 1.807) is 0 Å². The summed E-state index contributed by atoms with van der Waals surface area (Å²) in [5.41, 5.74) is 27.1. The van der Waals surface area contributed by atoms with E-state index in [1.165, 1.54) is 55.6 Å². The van der Waals surface area contributed by atoms with Crippen molar-refractivity contribution >= 4 is 0 Å². The van der Waals surface area contributed by atoms with Crippen LogP contribution in [0.15, 0.2) is 66.7 Å². The predicted octanol–water partition coefficient (Wildman–Crippen LogP) is 1.91. The van der Waals surface area contributed by atoms with Crippen molar-refractivity contribution in [1.29, 1.82) is 0 Å². The Hall–Kier alpha value is -1.74. The van der Waals surface area contributed by atoms with E-state index in [9.17, 15) is 0 Å². The van der Waals surface area contributed by atoms with Gasteiger partial charge in [0.15, 0.2) is 0 Å². The molecule has 2 nitrogen and oxygen atoms in total.